The summed E-state index contributed by atoms with van der Waals surface area (Å²) in [5.74, 6) is -0.520. The number of hydrogen-bond donors (Lipinski definition) is 2. The Morgan fingerprint density at radius 1 is 1.39 bits per heavy atom. The lowest BCUT2D eigenvalue weighted by atomic mass is 9.99. The summed E-state index contributed by atoms with van der Waals surface area (Å²) in [5, 5.41) is 10.3. The van der Waals surface area contributed by atoms with Crippen LogP contribution < -0.4 is 10.6 Å². The molecule has 1 atom stereocenters. The van der Waals surface area contributed by atoms with Crippen LogP contribution in [0.15, 0.2) is 24.3 Å². The van der Waals surface area contributed by atoms with E-state index in [-0.39, 0.29) is 11.8 Å². The second-order valence-corrected chi connectivity index (χ2v) is 6.04. The van der Waals surface area contributed by atoms with Crippen LogP contribution in [0.25, 0.3) is 5.69 Å². The minimum Gasteiger partial charge on any atom is -0.326 e. The zero-order valence-corrected chi connectivity index (χ0v) is 13.4. The minimum absolute atomic E-state index is 0.0532. The average Bonchev–Trinajstić information content (AvgIpc) is 2.87. The van der Waals surface area contributed by atoms with E-state index in [1.165, 1.54) is 6.07 Å². The first-order chi connectivity index (χ1) is 11.0. The van der Waals surface area contributed by atoms with E-state index in [4.69, 9.17) is 0 Å². The van der Waals surface area contributed by atoms with Gasteiger partial charge in [0.2, 0.25) is 5.91 Å². The molecule has 23 heavy (non-hydrogen) atoms. The van der Waals surface area contributed by atoms with Gasteiger partial charge in [-0.05, 0) is 57.5 Å². The number of rotatable bonds is 3. The second-order valence-electron chi connectivity index (χ2n) is 6.04. The molecule has 1 saturated heterocycles. The molecule has 2 aromatic rings. The van der Waals surface area contributed by atoms with Crippen LogP contribution in [-0.4, -0.2) is 28.8 Å². The van der Waals surface area contributed by atoms with Crippen molar-refractivity contribution in [2.24, 2.45) is 5.92 Å². The number of carbonyl (C=O) groups excluding carboxylic acids is 1. The predicted octanol–water partition coefficient (Wildman–Crippen LogP) is 2.57. The summed E-state index contributed by atoms with van der Waals surface area (Å²) < 4.78 is 16.0. The minimum atomic E-state index is -0.407. The lowest BCUT2D eigenvalue weighted by Crippen LogP contribution is -2.37. The van der Waals surface area contributed by atoms with Gasteiger partial charge in [0.05, 0.1) is 11.6 Å². The van der Waals surface area contributed by atoms with Gasteiger partial charge in [0.1, 0.15) is 5.69 Å². The van der Waals surface area contributed by atoms with E-state index in [0.29, 0.717) is 17.9 Å². The summed E-state index contributed by atoms with van der Waals surface area (Å²) in [5.41, 5.74) is 2.56. The molecule has 0 aliphatic carbocycles. The van der Waals surface area contributed by atoms with E-state index in [2.05, 4.69) is 15.7 Å². The maximum atomic E-state index is 14.4. The molecule has 5 nitrogen and oxygen atoms in total. The SMILES string of the molecule is Cc1cc(C)n(-c2ccc(NC(=O)C3CCCNC3)cc2F)n1. The first-order valence-corrected chi connectivity index (χ1v) is 7.89. The quantitative estimate of drug-likeness (QED) is 0.915. The number of halogens is 1. The van der Waals surface area contributed by atoms with Gasteiger partial charge < -0.3 is 10.6 Å². The highest BCUT2D eigenvalue weighted by molar-refractivity contribution is 5.92. The number of aryl methyl sites for hydroxylation is 2. The Morgan fingerprint density at radius 2 is 2.22 bits per heavy atom. The highest BCUT2D eigenvalue weighted by Gasteiger charge is 2.21. The van der Waals surface area contributed by atoms with Crippen LogP contribution in [0, 0.1) is 25.6 Å². The maximum absolute atomic E-state index is 14.4. The molecule has 0 spiro atoms. The molecular weight excluding hydrogens is 295 g/mol. The van der Waals surface area contributed by atoms with Crippen LogP contribution in [0.3, 0.4) is 0 Å². The van der Waals surface area contributed by atoms with Gasteiger partial charge in [-0.1, -0.05) is 0 Å². The summed E-state index contributed by atoms with van der Waals surface area (Å²) in [4.78, 5) is 12.2. The smallest absolute Gasteiger partial charge is 0.228 e. The molecule has 1 aromatic heterocycles. The number of aromatic nitrogens is 2. The molecule has 1 unspecified atom stereocenters. The van der Waals surface area contributed by atoms with E-state index in [9.17, 15) is 9.18 Å². The van der Waals surface area contributed by atoms with Crippen LogP contribution in [0.1, 0.15) is 24.2 Å². The zero-order chi connectivity index (χ0) is 16.4. The molecular formula is C17H21FN4O. The molecule has 0 bridgehead atoms. The topological polar surface area (TPSA) is 59.0 Å². The van der Waals surface area contributed by atoms with Crippen LogP contribution in [-0.2, 0) is 4.79 Å². The van der Waals surface area contributed by atoms with E-state index in [1.54, 1.807) is 16.8 Å². The predicted molar refractivity (Wildman–Crippen MR) is 87.2 cm³/mol. The summed E-state index contributed by atoms with van der Waals surface area (Å²) in [6.45, 7) is 5.38. The van der Waals surface area contributed by atoms with Gasteiger partial charge in [0.25, 0.3) is 0 Å². The van der Waals surface area contributed by atoms with Gasteiger partial charge in [-0.3, -0.25) is 4.79 Å². The van der Waals surface area contributed by atoms with Gasteiger partial charge in [0, 0.05) is 17.9 Å². The number of piperidine rings is 1. The van der Waals surface area contributed by atoms with E-state index in [1.807, 2.05) is 19.9 Å². The molecule has 2 heterocycles. The Balaban J connectivity index is 1.76. The lowest BCUT2D eigenvalue weighted by Gasteiger charge is -2.22. The number of nitrogens with zero attached hydrogens (tertiary/aromatic N) is 2. The Kier molecular flexibility index (Phi) is 4.43. The standard InChI is InChI=1S/C17H21FN4O/c1-11-8-12(2)22(21-11)16-6-5-14(9-15(16)18)20-17(23)13-4-3-7-19-10-13/h5-6,8-9,13,19H,3-4,7,10H2,1-2H3,(H,20,23). The van der Waals surface area contributed by atoms with Crippen molar-refractivity contribution in [3.05, 3.63) is 41.5 Å². The van der Waals surface area contributed by atoms with Crippen LogP contribution >= 0.6 is 0 Å². The molecule has 6 heteroatoms. The van der Waals surface area contributed by atoms with Crippen molar-refractivity contribution in [1.29, 1.82) is 0 Å². The largest absolute Gasteiger partial charge is 0.326 e. The fourth-order valence-corrected chi connectivity index (χ4v) is 2.95. The van der Waals surface area contributed by atoms with Crippen LogP contribution in [0.5, 0.6) is 0 Å². The number of carbonyl (C=O) groups is 1. The molecule has 1 fully saturated rings. The molecule has 2 N–H and O–H groups in total. The number of hydrogen-bond acceptors (Lipinski definition) is 3. The third-order valence-electron chi connectivity index (χ3n) is 4.12. The highest BCUT2D eigenvalue weighted by atomic mass is 19.1. The highest BCUT2D eigenvalue weighted by Crippen LogP contribution is 2.21. The number of nitrogens with one attached hydrogen (secondary N) is 2. The van der Waals surface area contributed by atoms with Crippen LogP contribution in [0.2, 0.25) is 0 Å². The fraction of sp³-hybridized carbons (Fsp3) is 0.412. The molecule has 3 rings (SSSR count). The fourth-order valence-electron chi connectivity index (χ4n) is 2.95. The summed E-state index contributed by atoms with van der Waals surface area (Å²) >= 11 is 0. The third kappa shape index (κ3) is 3.42. The van der Waals surface area contributed by atoms with E-state index < -0.39 is 5.82 Å². The molecule has 1 amide bonds. The Labute approximate surface area is 134 Å². The Bertz CT molecular complexity index is 719. The monoisotopic (exact) mass is 316 g/mol. The zero-order valence-electron chi connectivity index (χ0n) is 13.4. The maximum Gasteiger partial charge on any atom is 0.228 e. The Hall–Kier alpha value is -2.21. The van der Waals surface area contributed by atoms with E-state index >= 15 is 0 Å². The second kappa shape index (κ2) is 6.50. The van der Waals surface area contributed by atoms with Crippen molar-refractivity contribution in [2.45, 2.75) is 26.7 Å². The summed E-state index contributed by atoms with van der Waals surface area (Å²) in [6.07, 6.45) is 1.86. The van der Waals surface area contributed by atoms with Gasteiger partial charge in [-0.25, -0.2) is 9.07 Å². The third-order valence-corrected chi connectivity index (χ3v) is 4.12. The first-order valence-electron chi connectivity index (χ1n) is 7.89. The molecule has 0 radical (unpaired) electrons. The number of anilines is 1. The molecule has 1 aliphatic heterocycles. The molecule has 122 valence electrons. The summed E-state index contributed by atoms with van der Waals surface area (Å²) in [7, 11) is 0. The lowest BCUT2D eigenvalue weighted by molar-refractivity contribution is -0.120. The van der Waals surface area contributed by atoms with Crippen molar-refractivity contribution < 1.29 is 9.18 Å². The van der Waals surface area contributed by atoms with Gasteiger partial charge in [-0.15, -0.1) is 0 Å². The van der Waals surface area contributed by atoms with E-state index in [0.717, 1.165) is 30.8 Å². The number of benzene rings is 1. The average molecular weight is 316 g/mol. The number of amides is 1. The first kappa shape index (κ1) is 15.7. The van der Waals surface area contributed by atoms with Crippen molar-refractivity contribution in [2.75, 3.05) is 18.4 Å². The normalized spacial score (nSPS) is 18.0. The van der Waals surface area contributed by atoms with Crippen molar-refractivity contribution >= 4 is 11.6 Å². The van der Waals surface area contributed by atoms with Gasteiger partial charge in [0.15, 0.2) is 5.82 Å². The molecule has 1 aliphatic rings. The van der Waals surface area contributed by atoms with Gasteiger partial charge in [-0.2, -0.15) is 5.10 Å². The molecule has 1 aromatic carbocycles. The van der Waals surface area contributed by atoms with Crippen LogP contribution in [0.4, 0.5) is 10.1 Å². The molecule has 0 saturated carbocycles. The van der Waals surface area contributed by atoms with Crippen molar-refractivity contribution in [1.82, 2.24) is 15.1 Å². The van der Waals surface area contributed by atoms with Crippen molar-refractivity contribution in [3.8, 4) is 5.69 Å². The van der Waals surface area contributed by atoms with Crippen molar-refractivity contribution in [3.63, 3.8) is 0 Å². The Morgan fingerprint density at radius 3 is 2.83 bits per heavy atom. The summed E-state index contributed by atoms with van der Waals surface area (Å²) in [6, 6.07) is 6.59. The van der Waals surface area contributed by atoms with Gasteiger partial charge >= 0.3 is 0 Å².